The average molecular weight is 266 g/mol. The van der Waals surface area contributed by atoms with Crippen LogP contribution in [0.15, 0.2) is 0 Å². The maximum atomic E-state index is 6.30. The quantitative estimate of drug-likeness (QED) is 0.550. The van der Waals surface area contributed by atoms with Crippen LogP contribution >= 0.6 is 0 Å². The van der Waals surface area contributed by atoms with Crippen molar-refractivity contribution < 1.29 is 4.74 Å². The zero-order chi connectivity index (χ0) is 15.5. The van der Waals surface area contributed by atoms with Crippen molar-refractivity contribution in [1.82, 2.24) is 0 Å². The van der Waals surface area contributed by atoms with E-state index in [2.05, 4.69) is 41.5 Å². The van der Waals surface area contributed by atoms with Crippen molar-refractivity contribution in [2.45, 2.75) is 93.2 Å². The largest absolute Gasteiger partial charge is 0.382 e. The van der Waals surface area contributed by atoms with Gasteiger partial charge in [-0.05, 0) is 56.8 Å². The van der Waals surface area contributed by atoms with Gasteiger partial charge in [-0.15, -0.1) is 0 Å². The molecule has 0 aromatic heterocycles. The Bertz CT molecular complexity index is 238. The lowest BCUT2D eigenvalue weighted by molar-refractivity contribution is -0.0417. The minimum absolute atomic E-state index is 0.175. The highest BCUT2D eigenvalue weighted by Crippen LogP contribution is 2.42. The Morgan fingerprint density at radius 1 is 0.842 bits per heavy atom. The van der Waals surface area contributed by atoms with Crippen LogP contribution in [-0.2, 0) is 4.74 Å². The van der Waals surface area contributed by atoms with Gasteiger partial charge in [-0.2, -0.15) is 0 Å². The average Bonchev–Trinajstić information content (AvgIpc) is 1.89. The van der Waals surface area contributed by atoms with Gasteiger partial charge in [0.2, 0.25) is 0 Å². The van der Waals surface area contributed by atoms with Crippen LogP contribution in [-0.4, -0.2) is 19.5 Å². The van der Waals surface area contributed by atoms with Crippen LogP contribution in [0.5, 0.6) is 0 Å². The maximum Gasteiger partial charge on any atom is 0.113 e. The van der Waals surface area contributed by atoms with Crippen LogP contribution < -0.4 is 0 Å². The van der Waals surface area contributed by atoms with Crippen LogP contribution in [0.4, 0.5) is 0 Å². The summed E-state index contributed by atoms with van der Waals surface area (Å²) in [4.78, 5) is 0. The summed E-state index contributed by atoms with van der Waals surface area (Å²) in [5.74, 6) is 0.738. The fraction of sp³-hybridized carbons (Fsp3) is 1.00. The molecule has 0 aliphatic rings. The molecule has 0 rings (SSSR count). The number of rotatable bonds is 8. The first-order valence-electron chi connectivity index (χ1n) is 7.71. The summed E-state index contributed by atoms with van der Waals surface area (Å²) >= 11 is 0. The monoisotopic (exact) mass is 266 g/mol. The summed E-state index contributed by atoms with van der Waals surface area (Å²) in [7, 11) is 6.30. The third-order valence-electron chi connectivity index (χ3n) is 3.25. The van der Waals surface area contributed by atoms with Crippen molar-refractivity contribution in [1.29, 1.82) is 0 Å². The van der Waals surface area contributed by atoms with Gasteiger partial charge in [-0.3, -0.25) is 0 Å². The second-order valence-electron chi connectivity index (χ2n) is 8.76. The molecule has 2 radical (unpaired) electrons. The first-order chi connectivity index (χ1) is 8.25. The molecule has 0 aromatic rings. The summed E-state index contributed by atoms with van der Waals surface area (Å²) in [6, 6.07) is 0. The Balaban J connectivity index is 4.62. The topological polar surface area (TPSA) is 9.23 Å². The van der Waals surface area contributed by atoms with Crippen LogP contribution in [0.3, 0.4) is 0 Å². The standard InChI is InChI=1S/C17H35BO/c1-13(2)10-15(5,6)11-16(7,8)12-17(9,18)19-14(3)4/h13-14H,10-12H2,1-9H3. The van der Waals surface area contributed by atoms with Crippen molar-refractivity contribution in [2.75, 3.05) is 0 Å². The third kappa shape index (κ3) is 9.54. The molecular weight excluding hydrogens is 231 g/mol. The fourth-order valence-corrected chi connectivity index (χ4v) is 4.07. The number of ether oxygens (including phenoxy) is 1. The lowest BCUT2D eigenvalue weighted by atomic mass is 9.64. The molecule has 1 nitrogen and oxygen atoms in total. The molecule has 0 heterocycles. The molecule has 2 heteroatoms. The molecule has 1 atom stereocenters. The summed E-state index contributed by atoms with van der Waals surface area (Å²) in [5, 5.41) is 0. The minimum Gasteiger partial charge on any atom is -0.382 e. The van der Waals surface area contributed by atoms with E-state index in [4.69, 9.17) is 12.6 Å². The van der Waals surface area contributed by atoms with Gasteiger partial charge in [0.05, 0.1) is 6.10 Å². The minimum atomic E-state index is -0.536. The van der Waals surface area contributed by atoms with Gasteiger partial charge in [-0.1, -0.05) is 41.5 Å². The summed E-state index contributed by atoms with van der Waals surface area (Å²) < 4.78 is 5.85. The van der Waals surface area contributed by atoms with Crippen LogP contribution in [0.1, 0.15) is 81.6 Å². The van der Waals surface area contributed by atoms with Gasteiger partial charge in [0.25, 0.3) is 0 Å². The van der Waals surface area contributed by atoms with Gasteiger partial charge in [-0.25, -0.2) is 0 Å². The van der Waals surface area contributed by atoms with Gasteiger partial charge in [0, 0.05) is 5.50 Å². The molecule has 1 unspecified atom stereocenters. The Morgan fingerprint density at radius 2 is 1.32 bits per heavy atom. The van der Waals surface area contributed by atoms with Gasteiger partial charge >= 0.3 is 0 Å². The fourth-order valence-electron chi connectivity index (χ4n) is 4.07. The van der Waals surface area contributed by atoms with E-state index in [1.165, 1.54) is 12.8 Å². The zero-order valence-corrected chi connectivity index (χ0v) is 14.8. The molecule has 0 spiro atoms. The normalized spacial score (nSPS) is 17.0. The molecule has 0 saturated carbocycles. The highest BCUT2D eigenvalue weighted by molar-refractivity contribution is 6.14. The summed E-state index contributed by atoms with van der Waals surface area (Å²) in [6.07, 6.45) is 3.49. The lowest BCUT2D eigenvalue weighted by Crippen LogP contribution is -2.39. The maximum absolute atomic E-state index is 6.30. The Morgan fingerprint density at radius 3 is 1.68 bits per heavy atom. The highest BCUT2D eigenvalue weighted by Gasteiger charge is 2.34. The molecule has 0 bridgehead atoms. The van der Waals surface area contributed by atoms with Gasteiger partial charge in [0.15, 0.2) is 0 Å². The molecule has 0 aliphatic heterocycles. The van der Waals surface area contributed by atoms with E-state index in [0.717, 1.165) is 12.3 Å². The van der Waals surface area contributed by atoms with Crippen LogP contribution in [0.2, 0.25) is 0 Å². The number of hydrogen-bond donors (Lipinski definition) is 0. The van der Waals surface area contributed by atoms with Crippen molar-refractivity contribution in [3.05, 3.63) is 0 Å². The van der Waals surface area contributed by atoms with E-state index in [1.54, 1.807) is 0 Å². The van der Waals surface area contributed by atoms with E-state index >= 15 is 0 Å². The van der Waals surface area contributed by atoms with E-state index in [-0.39, 0.29) is 11.5 Å². The van der Waals surface area contributed by atoms with Crippen LogP contribution in [0.25, 0.3) is 0 Å². The highest BCUT2D eigenvalue weighted by atomic mass is 16.5. The Kier molecular flexibility index (Phi) is 6.66. The second-order valence-corrected chi connectivity index (χ2v) is 8.76. The van der Waals surface area contributed by atoms with Crippen molar-refractivity contribution in [3.63, 3.8) is 0 Å². The summed E-state index contributed by atoms with van der Waals surface area (Å²) in [6.45, 7) is 20.0. The molecule has 112 valence electrons. The molecule has 19 heavy (non-hydrogen) atoms. The van der Waals surface area contributed by atoms with E-state index in [1.807, 2.05) is 20.8 Å². The van der Waals surface area contributed by atoms with Crippen LogP contribution in [0, 0.1) is 16.7 Å². The molecule has 0 aliphatic carbocycles. The molecule has 0 N–H and O–H groups in total. The van der Waals surface area contributed by atoms with E-state index in [9.17, 15) is 0 Å². The first-order valence-corrected chi connectivity index (χ1v) is 7.71. The smallest absolute Gasteiger partial charge is 0.113 e. The Hall–Kier alpha value is 0.0249. The predicted molar refractivity (Wildman–Crippen MR) is 86.6 cm³/mol. The third-order valence-corrected chi connectivity index (χ3v) is 3.25. The number of hydrogen-bond acceptors (Lipinski definition) is 1. The second kappa shape index (κ2) is 6.65. The molecule has 0 amide bonds. The first kappa shape index (κ1) is 19.0. The zero-order valence-electron chi connectivity index (χ0n) is 14.8. The van der Waals surface area contributed by atoms with Gasteiger partial charge in [0.1, 0.15) is 7.85 Å². The van der Waals surface area contributed by atoms with Crippen molar-refractivity contribution in [3.8, 4) is 0 Å². The lowest BCUT2D eigenvalue weighted by Gasteiger charge is -2.41. The Labute approximate surface area is 123 Å². The van der Waals surface area contributed by atoms with E-state index in [0.29, 0.717) is 5.41 Å². The van der Waals surface area contributed by atoms with E-state index < -0.39 is 5.50 Å². The predicted octanol–water partition coefficient (Wildman–Crippen LogP) is 5.17. The molecule has 0 fully saturated rings. The molecular formula is C17H35BO. The molecule has 0 aromatic carbocycles. The summed E-state index contributed by atoms with van der Waals surface area (Å²) in [5.41, 5.74) is 0.00787. The van der Waals surface area contributed by atoms with Crippen molar-refractivity contribution in [2.24, 2.45) is 16.7 Å². The SMILES string of the molecule is [B]C(C)(CC(C)(C)CC(C)(C)CC(C)C)OC(C)C. The van der Waals surface area contributed by atoms with Gasteiger partial charge < -0.3 is 4.74 Å². The molecule has 0 saturated heterocycles. The van der Waals surface area contributed by atoms with Crippen molar-refractivity contribution >= 4 is 7.85 Å².